The number of imidazole rings is 1. The molecule has 0 aliphatic rings. The fourth-order valence-corrected chi connectivity index (χ4v) is 1.85. The first-order valence-corrected chi connectivity index (χ1v) is 6.78. The molecule has 0 fully saturated rings. The number of aryl methyl sites for hydroxylation is 1. The number of nitrogens with zero attached hydrogens (tertiary/aromatic N) is 2. The van der Waals surface area contributed by atoms with Gasteiger partial charge in [-0.25, -0.2) is 4.98 Å². The minimum atomic E-state index is -0.0368. The first-order valence-electron chi connectivity index (χ1n) is 6.78. The van der Waals surface area contributed by atoms with Crippen molar-refractivity contribution in [2.75, 3.05) is 13.7 Å². The number of ether oxygens (including phenoxy) is 1. The normalized spacial score (nSPS) is 12.3. The summed E-state index contributed by atoms with van der Waals surface area (Å²) in [5.41, 5.74) is 1.19. The van der Waals surface area contributed by atoms with Gasteiger partial charge in [0.15, 0.2) is 0 Å². The highest BCUT2D eigenvalue weighted by Crippen LogP contribution is 2.19. The molecule has 104 valence electrons. The van der Waals surface area contributed by atoms with Crippen LogP contribution < -0.4 is 5.32 Å². The number of hydrogen-bond donors (Lipinski definition) is 1. The summed E-state index contributed by atoms with van der Waals surface area (Å²) in [4.78, 5) is 4.26. The van der Waals surface area contributed by atoms with Gasteiger partial charge >= 0.3 is 0 Å². The molecular weight excluding hydrogens is 226 g/mol. The smallest absolute Gasteiger partial charge is 0.0948 e. The Hall–Kier alpha value is -0.870. The lowest BCUT2D eigenvalue weighted by Gasteiger charge is -2.25. The van der Waals surface area contributed by atoms with Gasteiger partial charge in [-0.2, -0.15) is 0 Å². The van der Waals surface area contributed by atoms with Gasteiger partial charge in [-0.15, -0.1) is 0 Å². The Morgan fingerprint density at radius 1 is 1.39 bits per heavy atom. The Kier molecular flexibility index (Phi) is 5.82. The van der Waals surface area contributed by atoms with Gasteiger partial charge < -0.3 is 14.6 Å². The fourth-order valence-electron chi connectivity index (χ4n) is 1.85. The molecule has 0 aromatic carbocycles. The number of unbranched alkanes of at least 4 members (excludes halogenated alkanes) is 1. The van der Waals surface area contributed by atoms with Gasteiger partial charge in [-0.05, 0) is 47.6 Å². The zero-order chi connectivity index (χ0) is 13.6. The molecule has 0 bridgehead atoms. The van der Waals surface area contributed by atoms with E-state index in [1.54, 1.807) is 0 Å². The second-order valence-electron chi connectivity index (χ2n) is 5.47. The predicted octanol–water partition coefficient (Wildman–Crippen LogP) is 2.54. The van der Waals surface area contributed by atoms with Crippen molar-refractivity contribution in [2.45, 2.75) is 58.7 Å². The third kappa shape index (κ3) is 4.42. The quantitative estimate of drug-likeness (QED) is 0.724. The summed E-state index contributed by atoms with van der Waals surface area (Å²) in [5.74, 6) is 0. The van der Waals surface area contributed by atoms with Crippen LogP contribution in [0.3, 0.4) is 0 Å². The minimum Gasteiger partial charge on any atom is -0.379 e. The fraction of sp³-hybridized carbons (Fsp3) is 0.786. The summed E-state index contributed by atoms with van der Waals surface area (Å²) in [7, 11) is 1.98. The third-order valence-corrected chi connectivity index (χ3v) is 3.22. The molecule has 4 nitrogen and oxygen atoms in total. The monoisotopic (exact) mass is 253 g/mol. The summed E-state index contributed by atoms with van der Waals surface area (Å²) in [5, 5.41) is 3.32. The predicted molar refractivity (Wildman–Crippen MR) is 74.6 cm³/mol. The van der Waals surface area contributed by atoms with Gasteiger partial charge in [0.1, 0.15) is 0 Å². The maximum Gasteiger partial charge on any atom is 0.0948 e. The Labute approximate surface area is 111 Å². The molecule has 0 saturated carbocycles. The van der Waals surface area contributed by atoms with E-state index < -0.39 is 0 Å². The molecule has 1 aromatic rings. The molecule has 0 saturated heterocycles. The molecule has 0 aliphatic carbocycles. The van der Waals surface area contributed by atoms with Crippen LogP contribution in [0.15, 0.2) is 12.5 Å². The number of aromatic nitrogens is 2. The lowest BCUT2D eigenvalue weighted by atomic mass is 10.0. The van der Waals surface area contributed by atoms with E-state index in [2.05, 4.69) is 42.6 Å². The van der Waals surface area contributed by atoms with E-state index in [4.69, 9.17) is 4.74 Å². The van der Waals surface area contributed by atoms with Gasteiger partial charge in [-0.3, -0.25) is 0 Å². The standard InChI is InChI=1S/C14H27N3O/c1-12(2)18-9-7-6-8-17-11-16-10-13(17)14(3,4)15-5/h10-12,15H,6-9H2,1-5H3. The lowest BCUT2D eigenvalue weighted by molar-refractivity contribution is 0.0754. The summed E-state index contributed by atoms with van der Waals surface area (Å²) in [6, 6.07) is 0. The number of hydrogen-bond acceptors (Lipinski definition) is 3. The summed E-state index contributed by atoms with van der Waals surface area (Å²) in [6.07, 6.45) is 6.40. The van der Waals surface area contributed by atoms with Crippen LogP contribution in [0.25, 0.3) is 0 Å². The average Bonchev–Trinajstić information content (AvgIpc) is 2.77. The zero-order valence-electron chi connectivity index (χ0n) is 12.4. The van der Waals surface area contributed by atoms with Crippen LogP contribution in [-0.2, 0) is 16.8 Å². The summed E-state index contributed by atoms with van der Waals surface area (Å²) in [6.45, 7) is 10.3. The molecule has 1 aromatic heterocycles. The summed E-state index contributed by atoms with van der Waals surface area (Å²) >= 11 is 0. The van der Waals surface area contributed by atoms with Gasteiger partial charge in [0.25, 0.3) is 0 Å². The molecule has 0 atom stereocenters. The van der Waals surface area contributed by atoms with Crippen LogP contribution in [0.5, 0.6) is 0 Å². The van der Waals surface area contributed by atoms with Crippen molar-refractivity contribution in [3.05, 3.63) is 18.2 Å². The van der Waals surface area contributed by atoms with E-state index in [1.165, 1.54) is 5.69 Å². The van der Waals surface area contributed by atoms with E-state index in [1.807, 2.05) is 19.6 Å². The van der Waals surface area contributed by atoms with Crippen molar-refractivity contribution in [1.82, 2.24) is 14.9 Å². The van der Waals surface area contributed by atoms with Crippen LogP contribution in [0, 0.1) is 0 Å². The van der Waals surface area contributed by atoms with Gasteiger partial charge in [0.05, 0.1) is 23.7 Å². The van der Waals surface area contributed by atoms with Crippen molar-refractivity contribution < 1.29 is 4.74 Å². The van der Waals surface area contributed by atoms with Crippen molar-refractivity contribution in [1.29, 1.82) is 0 Å². The number of rotatable bonds is 8. The van der Waals surface area contributed by atoms with E-state index in [0.717, 1.165) is 26.0 Å². The molecule has 0 aliphatic heterocycles. The maximum absolute atomic E-state index is 5.54. The molecule has 1 heterocycles. The highest BCUT2D eigenvalue weighted by Gasteiger charge is 2.21. The molecule has 0 amide bonds. The lowest BCUT2D eigenvalue weighted by Crippen LogP contribution is -2.35. The van der Waals surface area contributed by atoms with E-state index >= 15 is 0 Å². The Balaban J connectivity index is 2.42. The Morgan fingerprint density at radius 2 is 2.11 bits per heavy atom. The molecule has 1 N–H and O–H groups in total. The van der Waals surface area contributed by atoms with Crippen molar-refractivity contribution in [3.63, 3.8) is 0 Å². The molecule has 4 heteroatoms. The average molecular weight is 253 g/mol. The van der Waals surface area contributed by atoms with Crippen molar-refractivity contribution >= 4 is 0 Å². The van der Waals surface area contributed by atoms with Crippen LogP contribution in [-0.4, -0.2) is 29.3 Å². The van der Waals surface area contributed by atoms with Gasteiger partial charge in [-0.1, -0.05) is 0 Å². The minimum absolute atomic E-state index is 0.0368. The first kappa shape index (κ1) is 15.2. The van der Waals surface area contributed by atoms with Crippen molar-refractivity contribution in [3.8, 4) is 0 Å². The second kappa shape index (κ2) is 6.90. The Morgan fingerprint density at radius 3 is 2.72 bits per heavy atom. The zero-order valence-corrected chi connectivity index (χ0v) is 12.4. The Bertz CT molecular complexity index is 345. The largest absolute Gasteiger partial charge is 0.379 e. The highest BCUT2D eigenvalue weighted by atomic mass is 16.5. The molecule has 0 radical (unpaired) electrons. The van der Waals surface area contributed by atoms with Gasteiger partial charge in [0, 0.05) is 19.3 Å². The van der Waals surface area contributed by atoms with E-state index in [0.29, 0.717) is 6.10 Å². The molecule has 0 spiro atoms. The van der Waals surface area contributed by atoms with Crippen LogP contribution >= 0.6 is 0 Å². The van der Waals surface area contributed by atoms with Crippen LogP contribution in [0.4, 0.5) is 0 Å². The molecule has 18 heavy (non-hydrogen) atoms. The van der Waals surface area contributed by atoms with Crippen LogP contribution in [0.1, 0.15) is 46.2 Å². The van der Waals surface area contributed by atoms with Crippen LogP contribution in [0.2, 0.25) is 0 Å². The van der Waals surface area contributed by atoms with E-state index in [-0.39, 0.29) is 5.54 Å². The van der Waals surface area contributed by atoms with Gasteiger partial charge in [0.2, 0.25) is 0 Å². The topological polar surface area (TPSA) is 39.1 Å². The van der Waals surface area contributed by atoms with Crippen molar-refractivity contribution in [2.24, 2.45) is 0 Å². The maximum atomic E-state index is 5.54. The molecular formula is C14H27N3O. The number of nitrogens with one attached hydrogen (secondary N) is 1. The SMILES string of the molecule is CNC(C)(C)c1cncn1CCCCOC(C)C. The molecule has 0 unspecified atom stereocenters. The molecule has 1 rings (SSSR count). The first-order chi connectivity index (χ1) is 8.47. The second-order valence-corrected chi connectivity index (χ2v) is 5.47. The third-order valence-electron chi connectivity index (χ3n) is 3.22. The van der Waals surface area contributed by atoms with E-state index in [9.17, 15) is 0 Å². The summed E-state index contributed by atoms with van der Waals surface area (Å²) < 4.78 is 7.77. The highest BCUT2D eigenvalue weighted by molar-refractivity contribution is 5.10.